The van der Waals surface area contributed by atoms with Crippen LogP contribution in [0.5, 0.6) is 0 Å². The van der Waals surface area contributed by atoms with Crippen LogP contribution in [0.3, 0.4) is 0 Å². The molecule has 0 aliphatic carbocycles. The van der Waals surface area contributed by atoms with Crippen LogP contribution in [0.4, 0.5) is 10.1 Å². The first-order chi connectivity index (χ1) is 11.0. The van der Waals surface area contributed by atoms with Gasteiger partial charge in [-0.3, -0.25) is 0 Å². The van der Waals surface area contributed by atoms with E-state index in [1.807, 2.05) is 18.2 Å². The molecule has 5 heteroatoms. The molecule has 2 nitrogen and oxygen atoms in total. The highest BCUT2D eigenvalue weighted by Crippen LogP contribution is 2.36. The molecule has 0 saturated heterocycles. The van der Waals surface area contributed by atoms with Crippen LogP contribution in [0.2, 0.25) is 0 Å². The Labute approximate surface area is 145 Å². The van der Waals surface area contributed by atoms with Crippen molar-refractivity contribution in [2.75, 3.05) is 11.1 Å². The summed E-state index contributed by atoms with van der Waals surface area (Å²) in [5.74, 6) is 0.800. The van der Waals surface area contributed by atoms with E-state index in [1.165, 1.54) is 17.2 Å². The Morgan fingerprint density at radius 1 is 1.26 bits per heavy atom. The second-order valence-electron chi connectivity index (χ2n) is 5.72. The summed E-state index contributed by atoms with van der Waals surface area (Å²) in [5, 5.41) is 7.18. The number of rotatable bonds is 2. The number of thiocarbonyl (C=S) groups is 1. The van der Waals surface area contributed by atoms with Crippen molar-refractivity contribution in [3.8, 4) is 0 Å². The van der Waals surface area contributed by atoms with E-state index in [4.69, 9.17) is 12.2 Å². The molecule has 1 heterocycles. The number of aryl methyl sites for hydroxylation is 1. The first-order valence-electron chi connectivity index (χ1n) is 7.60. The van der Waals surface area contributed by atoms with Gasteiger partial charge in [0.2, 0.25) is 0 Å². The van der Waals surface area contributed by atoms with Crippen molar-refractivity contribution >= 4 is 34.8 Å². The highest BCUT2D eigenvalue weighted by atomic mass is 32.2. The zero-order chi connectivity index (χ0) is 16.4. The van der Waals surface area contributed by atoms with Gasteiger partial charge in [-0.05, 0) is 73.4 Å². The topological polar surface area (TPSA) is 24.1 Å². The maximum atomic E-state index is 13.6. The largest absolute Gasteiger partial charge is 0.356 e. The Morgan fingerprint density at radius 2 is 2.09 bits per heavy atom. The lowest BCUT2D eigenvalue weighted by Crippen LogP contribution is -2.34. The molecular formula is C18H19FN2S2. The minimum atomic E-state index is -0.202. The van der Waals surface area contributed by atoms with Gasteiger partial charge in [0.1, 0.15) is 5.82 Å². The summed E-state index contributed by atoms with van der Waals surface area (Å²) in [6.07, 6.45) is 0.926. The monoisotopic (exact) mass is 346 g/mol. The van der Waals surface area contributed by atoms with Crippen molar-refractivity contribution in [1.82, 2.24) is 5.32 Å². The molecule has 2 N–H and O–H groups in total. The van der Waals surface area contributed by atoms with E-state index in [-0.39, 0.29) is 11.9 Å². The van der Waals surface area contributed by atoms with Crippen LogP contribution >= 0.6 is 24.0 Å². The van der Waals surface area contributed by atoms with E-state index < -0.39 is 0 Å². The molecule has 3 rings (SSSR count). The molecule has 0 fully saturated rings. The van der Waals surface area contributed by atoms with Gasteiger partial charge in [-0.25, -0.2) is 4.39 Å². The van der Waals surface area contributed by atoms with Crippen molar-refractivity contribution in [1.29, 1.82) is 0 Å². The summed E-state index contributed by atoms with van der Waals surface area (Å²) in [4.78, 5) is 1.13. The molecule has 0 saturated carbocycles. The van der Waals surface area contributed by atoms with E-state index >= 15 is 0 Å². The van der Waals surface area contributed by atoms with Crippen LogP contribution in [-0.4, -0.2) is 10.9 Å². The molecule has 23 heavy (non-hydrogen) atoms. The first-order valence-corrected chi connectivity index (χ1v) is 9.00. The molecule has 0 amide bonds. The van der Waals surface area contributed by atoms with Crippen LogP contribution in [0.1, 0.15) is 29.2 Å². The number of thioether (sulfide) groups is 1. The third kappa shape index (κ3) is 3.67. The number of fused-ring (bicyclic) bond motifs is 1. The predicted molar refractivity (Wildman–Crippen MR) is 99.8 cm³/mol. The highest BCUT2D eigenvalue weighted by Gasteiger charge is 2.22. The summed E-state index contributed by atoms with van der Waals surface area (Å²) in [6.45, 7) is 4.15. The summed E-state index contributed by atoms with van der Waals surface area (Å²) in [7, 11) is 0. The number of anilines is 1. The standard InChI is InChI=1S/C18H19FN2S2/c1-11-4-3-5-15(12(11)2)20-18(22)21-16-8-9-23-17-7-6-13(19)10-14(16)17/h3-7,10,16H,8-9H2,1-2H3,(H2,20,21,22)/t16-/m0/s1. The normalized spacial score (nSPS) is 16.6. The molecule has 2 aromatic rings. The lowest BCUT2D eigenvalue weighted by Gasteiger charge is -2.27. The van der Waals surface area contributed by atoms with Crippen LogP contribution in [-0.2, 0) is 0 Å². The summed E-state index contributed by atoms with van der Waals surface area (Å²) < 4.78 is 13.6. The number of nitrogens with one attached hydrogen (secondary N) is 2. The Bertz CT molecular complexity index is 746. The van der Waals surface area contributed by atoms with Gasteiger partial charge in [0, 0.05) is 16.3 Å². The van der Waals surface area contributed by atoms with Gasteiger partial charge < -0.3 is 10.6 Å². The zero-order valence-electron chi connectivity index (χ0n) is 13.2. The quantitative estimate of drug-likeness (QED) is 0.750. The average molecular weight is 346 g/mol. The highest BCUT2D eigenvalue weighted by molar-refractivity contribution is 7.99. The van der Waals surface area contributed by atoms with Crippen molar-refractivity contribution in [2.24, 2.45) is 0 Å². The second-order valence-corrected chi connectivity index (χ2v) is 7.26. The van der Waals surface area contributed by atoms with Gasteiger partial charge in [0.25, 0.3) is 0 Å². The van der Waals surface area contributed by atoms with Gasteiger partial charge in [-0.15, -0.1) is 11.8 Å². The lowest BCUT2D eigenvalue weighted by molar-refractivity contribution is 0.587. The minimum absolute atomic E-state index is 0.0482. The SMILES string of the molecule is Cc1cccc(NC(=S)N[C@H]2CCSc3ccc(F)cc32)c1C. The molecule has 0 radical (unpaired) electrons. The van der Waals surface area contributed by atoms with Crippen LogP contribution < -0.4 is 10.6 Å². The van der Waals surface area contributed by atoms with Crippen LogP contribution in [0.15, 0.2) is 41.3 Å². The maximum Gasteiger partial charge on any atom is 0.171 e. The summed E-state index contributed by atoms with van der Waals surface area (Å²) >= 11 is 7.23. The minimum Gasteiger partial charge on any atom is -0.356 e. The van der Waals surface area contributed by atoms with E-state index in [1.54, 1.807) is 17.8 Å². The Hall–Kier alpha value is -1.59. The number of hydrogen-bond acceptors (Lipinski definition) is 2. The smallest absolute Gasteiger partial charge is 0.171 e. The molecule has 1 aliphatic heterocycles. The van der Waals surface area contributed by atoms with Crippen molar-refractivity contribution in [3.63, 3.8) is 0 Å². The van der Waals surface area contributed by atoms with Crippen LogP contribution in [0, 0.1) is 19.7 Å². The van der Waals surface area contributed by atoms with E-state index in [2.05, 4.69) is 30.5 Å². The average Bonchev–Trinajstić information content (AvgIpc) is 2.52. The van der Waals surface area contributed by atoms with E-state index in [9.17, 15) is 4.39 Å². The summed E-state index contributed by atoms with van der Waals surface area (Å²) in [6, 6.07) is 11.1. The summed E-state index contributed by atoms with van der Waals surface area (Å²) in [5.41, 5.74) is 4.40. The second kappa shape index (κ2) is 6.89. The zero-order valence-corrected chi connectivity index (χ0v) is 14.8. The number of hydrogen-bond donors (Lipinski definition) is 2. The van der Waals surface area contributed by atoms with Crippen molar-refractivity contribution < 1.29 is 4.39 Å². The van der Waals surface area contributed by atoms with Crippen molar-refractivity contribution in [2.45, 2.75) is 31.2 Å². The third-order valence-electron chi connectivity index (χ3n) is 4.17. The van der Waals surface area contributed by atoms with Gasteiger partial charge in [-0.1, -0.05) is 12.1 Å². The Balaban J connectivity index is 1.74. The first kappa shape index (κ1) is 16.3. The van der Waals surface area contributed by atoms with Crippen LogP contribution in [0.25, 0.3) is 0 Å². The molecule has 0 spiro atoms. The fourth-order valence-corrected chi connectivity index (χ4v) is 4.08. The molecule has 0 unspecified atom stereocenters. The van der Waals surface area contributed by atoms with Gasteiger partial charge >= 0.3 is 0 Å². The molecule has 0 aromatic heterocycles. The molecule has 1 atom stereocenters. The fourth-order valence-electron chi connectivity index (χ4n) is 2.72. The van der Waals surface area contributed by atoms with Crippen molar-refractivity contribution in [3.05, 3.63) is 58.9 Å². The van der Waals surface area contributed by atoms with E-state index in [0.717, 1.165) is 28.3 Å². The lowest BCUT2D eigenvalue weighted by atomic mass is 10.0. The number of halogens is 1. The van der Waals surface area contributed by atoms with Gasteiger partial charge in [0.05, 0.1) is 6.04 Å². The molecule has 120 valence electrons. The van der Waals surface area contributed by atoms with E-state index in [0.29, 0.717) is 5.11 Å². The predicted octanol–water partition coefficient (Wildman–Crippen LogP) is 4.97. The Kier molecular flexibility index (Phi) is 4.87. The molecular weight excluding hydrogens is 327 g/mol. The Morgan fingerprint density at radius 3 is 2.91 bits per heavy atom. The molecule has 0 bridgehead atoms. The molecule has 1 aliphatic rings. The number of benzene rings is 2. The maximum absolute atomic E-state index is 13.6. The third-order valence-corrected chi connectivity index (χ3v) is 5.51. The fraction of sp³-hybridized carbons (Fsp3) is 0.278. The molecule has 2 aromatic carbocycles. The van der Waals surface area contributed by atoms with Gasteiger partial charge in [-0.2, -0.15) is 0 Å². The van der Waals surface area contributed by atoms with Gasteiger partial charge in [0.15, 0.2) is 5.11 Å².